The van der Waals surface area contributed by atoms with Gasteiger partial charge < -0.3 is 28.5 Å². The number of ether oxygens (including phenoxy) is 1. The average Bonchev–Trinajstić information content (AvgIpc) is 3.35. The number of phosphoric ester groups is 1. The molecule has 3 atom stereocenters. The lowest BCUT2D eigenvalue weighted by Gasteiger charge is -2.30. The Balaban J connectivity index is 5.27. The quantitative estimate of drug-likeness (QED) is 0.0212. The van der Waals surface area contributed by atoms with Crippen LogP contribution in [0.15, 0.2) is 48.6 Å². The molecular formula is C63H119N2O7P. The van der Waals surface area contributed by atoms with E-state index in [9.17, 15) is 19.0 Å². The summed E-state index contributed by atoms with van der Waals surface area (Å²) in [5, 5.41) is 3.02. The fraction of sp³-hybridized carbons (Fsp3) is 0.841. The molecule has 428 valence electrons. The second kappa shape index (κ2) is 53.4. The summed E-state index contributed by atoms with van der Waals surface area (Å²) in [6.45, 7) is 6.82. The number of quaternary nitrogens is 1. The first-order valence-corrected chi connectivity index (χ1v) is 32.4. The highest BCUT2D eigenvalue weighted by Gasteiger charge is 2.27. The van der Waals surface area contributed by atoms with E-state index in [0.717, 1.165) is 89.9 Å². The zero-order valence-corrected chi connectivity index (χ0v) is 49.7. The minimum atomic E-state index is -4.70. The van der Waals surface area contributed by atoms with Gasteiger partial charge in [0.1, 0.15) is 19.3 Å². The van der Waals surface area contributed by atoms with Crippen molar-refractivity contribution in [1.29, 1.82) is 0 Å². The molecule has 0 bridgehead atoms. The molecular weight excluding hydrogens is 928 g/mol. The number of unbranched alkanes of at least 4 members (excludes halogenated alkanes) is 34. The third-order valence-electron chi connectivity index (χ3n) is 13.7. The summed E-state index contributed by atoms with van der Waals surface area (Å²) in [5.41, 5.74) is 0. The lowest BCUT2D eigenvalue weighted by molar-refractivity contribution is -0.870. The van der Waals surface area contributed by atoms with E-state index in [1.54, 1.807) is 0 Å². The van der Waals surface area contributed by atoms with E-state index in [1.165, 1.54) is 167 Å². The van der Waals surface area contributed by atoms with Crippen molar-refractivity contribution in [2.75, 3.05) is 40.9 Å². The first kappa shape index (κ1) is 71.0. The van der Waals surface area contributed by atoms with E-state index in [4.69, 9.17) is 13.8 Å². The van der Waals surface area contributed by atoms with Gasteiger partial charge in [-0.25, -0.2) is 0 Å². The third kappa shape index (κ3) is 54.6. The zero-order chi connectivity index (χ0) is 53.6. The van der Waals surface area contributed by atoms with Crippen LogP contribution in [0.2, 0.25) is 0 Å². The molecule has 0 aliphatic carbocycles. The molecule has 3 unspecified atom stereocenters. The first-order chi connectivity index (χ1) is 35.4. The Kier molecular flexibility index (Phi) is 51.9. The molecule has 0 fully saturated rings. The molecule has 0 radical (unpaired) electrons. The van der Waals surface area contributed by atoms with Gasteiger partial charge in [-0.05, 0) is 89.5 Å². The smallest absolute Gasteiger partial charge is 0.306 e. The predicted octanol–water partition coefficient (Wildman–Crippen LogP) is 18.3. The van der Waals surface area contributed by atoms with Crippen LogP contribution in [0.1, 0.15) is 290 Å². The van der Waals surface area contributed by atoms with Crippen molar-refractivity contribution in [2.45, 2.75) is 303 Å². The molecule has 1 amide bonds. The van der Waals surface area contributed by atoms with Gasteiger partial charge in [-0.1, -0.05) is 237 Å². The minimum Gasteiger partial charge on any atom is -0.756 e. The summed E-state index contributed by atoms with van der Waals surface area (Å²) in [7, 11) is 1.18. The van der Waals surface area contributed by atoms with Crippen LogP contribution in [0.5, 0.6) is 0 Å². The molecule has 73 heavy (non-hydrogen) atoms. The second-order valence-corrected chi connectivity index (χ2v) is 23.6. The minimum absolute atomic E-state index is 0.0242. The molecule has 0 rings (SSSR count). The molecule has 1 N–H and O–H groups in total. The van der Waals surface area contributed by atoms with Crippen molar-refractivity contribution in [1.82, 2.24) is 5.32 Å². The number of phosphoric acid groups is 1. The molecule has 0 aliphatic rings. The maximum atomic E-state index is 13.5. The van der Waals surface area contributed by atoms with Crippen LogP contribution in [-0.4, -0.2) is 69.4 Å². The second-order valence-electron chi connectivity index (χ2n) is 22.2. The number of likely N-dealkylation sites (N-methyl/N-ethyl adjacent to an activating group) is 1. The number of nitrogens with zero attached hydrogens (tertiary/aromatic N) is 1. The number of nitrogens with one attached hydrogen (secondary N) is 1. The number of hydrogen-bond donors (Lipinski definition) is 1. The number of esters is 1. The fourth-order valence-corrected chi connectivity index (χ4v) is 9.62. The number of carbonyl (C=O) groups is 2. The SMILES string of the molecule is CCCCC/C=C\C/C=C\CCCCCCCCCCCC(=O)OC(/C=C/CCCCCCCCCCCC)C(COP(=O)([O-])OCC[N+](C)(C)C)NC(=O)CCCCCCC/C=C/CCCCCCCCC. The summed E-state index contributed by atoms with van der Waals surface area (Å²) in [6, 6.07) is -0.893. The van der Waals surface area contributed by atoms with E-state index >= 15 is 0 Å². The summed E-state index contributed by atoms with van der Waals surface area (Å²) in [4.78, 5) is 40.0. The van der Waals surface area contributed by atoms with Gasteiger partial charge in [0.05, 0.1) is 33.8 Å². The van der Waals surface area contributed by atoms with Crippen LogP contribution in [0, 0.1) is 0 Å². The standard InChI is InChI=1S/C63H119N2O7P/c1-7-10-13-16-19-22-25-28-30-32-33-34-36-38-41-44-47-50-53-56-63(67)72-61(54-51-48-45-42-39-27-24-21-18-15-12-9-3)60(59-71-73(68,69)70-58-57-65(4,5)6)64-62(66)55-52-49-46-43-40-37-35-31-29-26-23-20-17-14-11-8-2/h19,22,28,30-31,35,51,54,60-61H,7-18,20-21,23-27,29,32-34,36-50,52-53,55-59H2,1-6H3,(H-,64,66,68,69)/b22-19-,30-28-,35-31+,54-51+. The summed E-state index contributed by atoms with van der Waals surface area (Å²) >= 11 is 0. The number of hydrogen-bond acceptors (Lipinski definition) is 7. The Morgan fingerprint density at radius 1 is 0.479 bits per heavy atom. The van der Waals surface area contributed by atoms with E-state index in [1.807, 2.05) is 33.3 Å². The van der Waals surface area contributed by atoms with Crippen LogP contribution in [0.3, 0.4) is 0 Å². The molecule has 0 heterocycles. The monoisotopic (exact) mass is 1050 g/mol. The van der Waals surface area contributed by atoms with Gasteiger partial charge in [-0.15, -0.1) is 0 Å². The van der Waals surface area contributed by atoms with Gasteiger partial charge in [0.2, 0.25) is 5.91 Å². The van der Waals surface area contributed by atoms with Gasteiger partial charge in [0, 0.05) is 12.8 Å². The summed E-state index contributed by atoms with van der Waals surface area (Å²) < 4.78 is 30.3. The van der Waals surface area contributed by atoms with Crippen molar-refractivity contribution in [2.24, 2.45) is 0 Å². The fourth-order valence-electron chi connectivity index (χ4n) is 8.90. The van der Waals surface area contributed by atoms with Crippen molar-refractivity contribution in [3.8, 4) is 0 Å². The predicted molar refractivity (Wildman–Crippen MR) is 312 cm³/mol. The third-order valence-corrected chi connectivity index (χ3v) is 14.7. The highest BCUT2D eigenvalue weighted by Crippen LogP contribution is 2.38. The normalized spacial score (nSPS) is 14.0. The maximum absolute atomic E-state index is 13.5. The number of carbonyl (C=O) groups excluding carboxylic acids is 2. The Morgan fingerprint density at radius 3 is 1.27 bits per heavy atom. The Morgan fingerprint density at radius 2 is 0.836 bits per heavy atom. The highest BCUT2D eigenvalue weighted by molar-refractivity contribution is 7.45. The van der Waals surface area contributed by atoms with Crippen molar-refractivity contribution in [3.63, 3.8) is 0 Å². The van der Waals surface area contributed by atoms with E-state index in [0.29, 0.717) is 17.4 Å². The molecule has 0 aromatic rings. The van der Waals surface area contributed by atoms with Crippen LogP contribution in [0.4, 0.5) is 0 Å². The van der Waals surface area contributed by atoms with Gasteiger partial charge in [0.15, 0.2) is 0 Å². The van der Waals surface area contributed by atoms with E-state index in [2.05, 4.69) is 62.5 Å². The average molecular weight is 1050 g/mol. The van der Waals surface area contributed by atoms with Gasteiger partial charge >= 0.3 is 5.97 Å². The molecule has 0 saturated carbocycles. The van der Waals surface area contributed by atoms with Crippen molar-refractivity contribution in [3.05, 3.63) is 48.6 Å². The Labute approximate surface area is 452 Å². The molecule has 9 nitrogen and oxygen atoms in total. The summed E-state index contributed by atoms with van der Waals surface area (Å²) in [5.74, 6) is -0.548. The lowest BCUT2D eigenvalue weighted by atomic mass is 10.0. The Bertz CT molecular complexity index is 1390. The number of rotatable bonds is 56. The number of amides is 1. The summed E-state index contributed by atoms with van der Waals surface area (Å²) in [6.07, 6.45) is 65.0. The molecule has 0 aromatic carbocycles. The van der Waals surface area contributed by atoms with Gasteiger partial charge in [-0.3, -0.25) is 14.2 Å². The largest absolute Gasteiger partial charge is 0.756 e. The lowest BCUT2D eigenvalue weighted by Crippen LogP contribution is -2.47. The van der Waals surface area contributed by atoms with Crippen LogP contribution in [0.25, 0.3) is 0 Å². The van der Waals surface area contributed by atoms with Crippen LogP contribution >= 0.6 is 7.82 Å². The molecule has 0 aromatic heterocycles. The molecule has 0 saturated heterocycles. The molecule has 10 heteroatoms. The molecule has 0 spiro atoms. The maximum Gasteiger partial charge on any atom is 0.306 e. The van der Waals surface area contributed by atoms with E-state index < -0.39 is 26.6 Å². The van der Waals surface area contributed by atoms with Crippen LogP contribution < -0.4 is 10.2 Å². The molecule has 0 aliphatic heterocycles. The topological polar surface area (TPSA) is 114 Å². The zero-order valence-electron chi connectivity index (χ0n) is 48.8. The van der Waals surface area contributed by atoms with Gasteiger partial charge in [-0.2, -0.15) is 0 Å². The van der Waals surface area contributed by atoms with E-state index in [-0.39, 0.29) is 24.9 Å². The first-order valence-electron chi connectivity index (χ1n) is 30.9. The Hall–Kier alpha value is -2.03. The van der Waals surface area contributed by atoms with Crippen LogP contribution in [-0.2, 0) is 27.9 Å². The van der Waals surface area contributed by atoms with Crippen molar-refractivity contribution >= 4 is 19.7 Å². The van der Waals surface area contributed by atoms with Gasteiger partial charge in [0.25, 0.3) is 7.82 Å². The highest BCUT2D eigenvalue weighted by atomic mass is 31.2. The van der Waals surface area contributed by atoms with Crippen molar-refractivity contribution < 1.29 is 37.3 Å². The number of allylic oxidation sites excluding steroid dienone is 7.